The van der Waals surface area contributed by atoms with Crippen LogP contribution >= 0.6 is 69.6 Å². The maximum Gasteiger partial charge on any atom is 0.408 e. The van der Waals surface area contributed by atoms with Crippen LogP contribution in [0.15, 0.2) is 0 Å². The van der Waals surface area contributed by atoms with E-state index in [2.05, 4.69) is 0 Å². The zero-order chi connectivity index (χ0) is 11.1. The summed E-state index contributed by atoms with van der Waals surface area (Å²) in [6, 6.07) is 0. The molecule has 0 saturated heterocycles. The molecule has 0 aliphatic rings. The number of halogens is 9. The topological polar surface area (TPSA) is 0 Å². The van der Waals surface area contributed by atoms with Crippen molar-refractivity contribution in [3.05, 3.63) is 0 Å². The van der Waals surface area contributed by atoms with E-state index in [0.29, 0.717) is 0 Å². The summed E-state index contributed by atoms with van der Waals surface area (Å²) >= 11 is 30.5. The lowest BCUT2D eigenvalue weighted by molar-refractivity contribution is -0.132. The Morgan fingerprint density at radius 1 is 0.846 bits per heavy atom. The van der Waals surface area contributed by atoms with Crippen LogP contribution in [0.2, 0.25) is 0 Å². The van der Waals surface area contributed by atoms with Gasteiger partial charge in [0.1, 0.15) is 0 Å². The van der Waals surface area contributed by atoms with E-state index < -0.39 is 19.7 Å². The van der Waals surface area contributed by atoms with Gasteiger partial charge in [-0.15, -0.1) is 11.6 Å². The number of alkyl halides is 9. The molecule has 0 amide bonds. The van der Waals surface area contributed by atoms with Crippen molar-refractivity contribution in [2.45, 2.75) is 19.7 Å². The van der Waals surface area contributed by atoms with Gasteiger partial charge >= 0.3 is 6.18 Å². The monoisotopic (exact) mass is 316 g/mol. The first-order valence-corrected chi connectivity index (χ1v) is 4.88. The fourth-order valence-electron chi connectivity index (χ4n) is 0.349. The third kappa shape index (κ3) is 3.54. The summed E-state index contributed by atoms with van der Waals surface area (Å²) in [6.45, 7) is 0. The second-order valence-corrected chi connectivity index (χ2v) is 6.13. The minimum Gasteiger partial charge on any atom is -0.169 e. The molecule has 80 valence electrons. The molecular formula is C4HCl6F3. The molecule has 0 fully saturated rings. The Kier molecular flexibility index (Phi) is 4.68. The van der Waals surface area contributed by atoms with Crippen molar-refractivity contribution in [1.82, 2.24) is 0 Å². The molecule has 0 saturated carbocycles. The van der Waals surface area contributed by atoms with Crippen LogP contribution in [-0.4, -0.2) is 19.7 Å². The lowest BCUT2D eigenvalue weighted by Crippen LogP contribution is -2.47. The molecule has 0 rings (SSSR count). The molecule has 0 N–H and O–H groups in total. The SMILES string of the molecule is FC(F)(F)C(Cl)C(Cl)(Cl)C(Cl)(Cl)Cl. The van der Waals surface area contributed by atoms with Crippen LogP contribution in [-0.2, 0) is 0 Å². The van der Waals surface area contributed by atoms with Crippen LogP contribution in [0.25, 0.3) is 0 Å². The van der Waals surface area contributed by atoms with Gasteiger partial charge in [0.25, 0.3) is 0 Å². The van der Waals surface area contributed by atoms with Crippen molar-refractivity contribution >= 4 is 69.6 Å². The second kappa shape index (κ2) is 4.18. The summed E-state index contributed by atoms with van der Waals surface area (Å²) in [5.74, 6) is 0. The minimum atomic E-state index is -4.85. The molecule has 0 aromatic heterocycles. The van der Waals surface area contributed by atoms with E-state index in [1.165, 1.54) is 0 Å². The Balaban J connectivity index is 4.86. The van der Waals surface area contributed by atoms with E-state index in [4.69, 9.17) is 69.6 Å². The van der Waals surface area contributed by atoms with Crippen LogP contribution in [0.4, 0.5) is 13.2 Å². The van der Waals surface area contributed by atoms with Crippen molar-refractivity contribution in [1.29, 1.82) is 0 Å². The first-order chi connectivity index (χ1) is 5.40. The lowest BCUT2D eigenvalue weighted by Gasteiger charge is -2.32. The summed E-state index contributed by atoms with van der Waals surface area (Å²) in [5, 5.41) is -2.67. The summed E-state index contributed by atoms with van der Waals surface area (Å²) in [5.41, 5.74) is 0. The largest absolute Gasteiger partial charge is 0.408 e. The van der Waals surface area contributed by atoms with Gasteiger partial charge in [-0.2, -0.15) is 13.2 Å². The molecule has 9 heteroatoms. The average molecular weight is 319 g/mol. The van der Waals surface area contributed by atoms with E-state index >= 15 is 0 Å². The van der Waals surface area contributed by atoms with Crippen LogP contribution in [0.5, 0.6) is 0 Å². The van der Waals surface area contributed by atoms with Gasteiger partial charge in [0, 0.05) is 0 Å². The van der Waals surface area contributed by atoms with Crippen LogP contribution in [0, 0.1) is 0 Å². The standard InChI is InChI=1S/C4HCl6F3/c5-1(3(11,12)13)2(6,7)4(8,9)10/h1H. The van der Waals surface area contributed by atoms with E-state index in [1.807, 2.05) is 0 Å². The normalized spacial score (nSPS) is 17.3. The Morgan fingerprint density at radius 3 is 1.23 bits per heavy atom. The molecular weight excluding hydrogens is 318 g/mol. The molecule has 0 bridgehead atoms. The van der Waals surface area contributed by atoms with Crippen LogP contribution in [0.3, 0.4) is 0 Å². The Hall–Kier alpha value is 1.53. The Labute approximate surface area is 102 Å². The zero-order valence-corrected chi connectivity index (χ0v) is 10.0. The Morgan fingerprint density at radius 2 is 1.15 bits per heavy atom. The molecule has 1 atom stereocenters. The van der Waals surface area contributed by atoms with Crippen molar-refractivity contribution in [2.75, 3.05) is 0 Å². The fraction of sp³-hybridized carbons (Fsp3) is 1.00. The number of hydrogen-bond acceptors (Lipinski definition) is 0. The highest BCUT2D eigenvalue weighted by Crippen LogP contribution is 2.53. The predicted molar refractivity (Wildman–Crippen MR) is 50.4 cm³/mol. The van der Waals surface area contributed by atoms with E-state index in [9.17, 15) is 13.2 Å². The summed E-state index contributed by atoms with van der Waals surface area (Å²) < 4.78 is 30.7. The molecule has 0 aromatic carbocycles. The van der Waals surface area contributed by atoms with E-state index in [1.54, 1.807) is 0 Å². The molecule has 0 radical (unpaired) electrons. The molecule has 0 heterocycles. The van der Waals surface area contributed by atoms with Gasteiger partial charge in [0.2, 0.25) is 3.79 Å². The van der Waals surface area contributed by atoms with Gasteiger partial charge in [-0.05, 0) is 0 Å². The fourth-order valence-corrected chi connectivity index (χ4v) is 1.26. The number of rotatable bonds is 1. The summed E-state index contributed by atoms with van der Waals surface area (Å²) in [6.07, 6.45) is -4.85. The van der Waals surface area contributed by atoms with Crippen molar-refractivity contribution in [3.8, 4) is 0 Å². The van der Waals surface area contributed by atoms with Gasteiger partial charge in [-0.1, -0.05) is 58.0 Å². The highest BCUT2D eigenvalue weighted by Gasteiger charge is 2.60. The minimum absolute atomic E-state index is 2.53. The van der Waals surface area contributed by atoms with Gasteiger partial charge in [0.15, 0.2) is 9.71 Å². The van der Waals surface area contributed by atoms with E-state index in [0.717, 1.165) is 0 Å². The second-order valence-electron chi connectivity index (χ2n) is 2.02. The van der Waals surface area contributed by atoms with Crippen LogP contribution in [0.1, 0.15) is 0 Å². The van der Waals surface area contributed by atoms with Gasteiger partial charge in [0.05, 0.1) is 0 Å². The van der Waals surface area contributed by atoms with Crippen LogP contribution < -0.4 is 0 Å². The zero-order valence-electron chi connectivity index (χ0n) is 5.48. The van der Waals surface area contributed by atoms with Crippen molar-refractivity contribution < 1.29 is 13.2 Å². The molecule has 0 aromatic rings. The quantitative estimate of drug-likeness (QED) is 0.615. The molecule has 0 aliphatic carbocycles. The first kappa shape index (κ1) is 14.5. The smallest absolute Gasteiger partial charge is 0.169 e. The maximum atomic E-state index is 12.0. The molecule has 0 nitrogen and oxygen atoms in total. The maximum absolute atomic E-state index is 12.0. The first-order valence-electron chi connectivity index (χ1n) is 2.56. The van der Waals surface area contributed by atoms with Crippen molar-refractivity contribution in [2.24, 2.45) is 0 Å². The van der Waals surface area contributed by atoms with Gasteiger partial charge in [-0.3, -0.25) is 0 Å². The third-order valence-corrected chi connectivity index (χ3v) is 4.26. The third-order valence-electron chi connectivity index (χ3n) is 0.984. The summed E-state index contributed by atoms with van der Waals surface area (Å²) in [4.78, 5) is 0. The van der Waals surface area contributed by atoms with E-state index in [-0.39, 0.29) is 0 Å². The predicted octanol–water partition coefficient (Wildman–Crippen LogP) is 4.70. The highest BCUT2D eigenvalue weighted by molar-refractivity contribution is 6.76. The van der Waals surface area contributed by atoms with Gasteiger partial charge < -0.3 is 0 Å². The lowest BCUT2D eigenvalue weighted by atomic mass is 10.3. The van der Waals surface area contributed by atoms with Gasteiger partial charge in [-0.25, -0.2) is 0 Å². The molecule has 0 aliphatic heterocycles. The summed E-state index contributed by atoms with van der Waals surface area (Å²) in [7, 11) is 0. The van der Waals surface area contributed by atoms with Crippen molar-refractivity contribution in [3.63, 3.8) is 0 Å². The Bertz CT molecular complexity index is 181. The molecule has 1 unspecified atom stereocenters. The number of hydrogen-bond donors (Lipinski definition) is 0. The average Bonchev–Trinajstić information content (AvgIpc) is 1.81. The highest BCUT2D eigenvalue weighted by atomic mass is 35.6. The molecule has 13 heavy (non-hydrogen) atoms. The molecule has 0 spiro atoms.